The zero-order chi connectivity index (χ0) is 48.8. The van der Waals surface area contributed by atoms with Gasteiger partial charge in [0.15, 0.2) is 11.3 Å². The molecule has 16 heteroatoms. The number of methoxy groups -OCH3 is 1. The van der Waals surface area contributed by atoms with E-state index < -0.39 is 64.8 Å². The van der Waals surface area contributed by atoms with Crippen LogP contribution in [-0.2, 0) is 23.8 Å². The van der Waals surface area contributed by atoms with E-state index >= 15 is 0 Å². The van der Waals surface area contributed by atoms with Gasteiger partial charge in [0.25, 0.3) is 11.7 Å². The van der Waals surface area contributed by atoms with Crippen LogP contribution in [-0.4, -0.2) is 107 Å². The van der Waals surface area contributed by atoms with Crippen molar-refractivity contribution in [1.82, 2.24) is 9.88 Å². The van der Waals surface area contributed by atoms with E-state index in [-0.39, 0.29) is 79.0 Å². The number of aliphatic hydroxyl groups is 1. The molecule has 1 aliphatic carbocycles. The summed E-state index contributed by atoms with van der Waals surface area (Å²) in [5.74, 6) is -5.80. The number of fused-ring (bicyclic) bond motifs is 2. The first kappa shape index (κ1) is 48.9. The average Bonchev–Trinajstić information content (AvgIpc) is 3.54. The van der Waals surface area contributed by atoms with E-state index in [1.165, 1.54) is 34.1 Å². The number of esters is 1. The maximum atomic E-state index is 14.9. The molecular weight excluding hydrogens is 861 g/mol. The van der Waals surface area contributed by atoms with Crippen molar-refractivity contribution in [3.63, 3.8) is 0 Å². The predicted octanol–water partition coefficient (Wildman–Crippen LogP) is 7.46. The molecule has 2 aromatic rings. The summed E-state index contributed by atoms with van der Waals surface area (Å²) in [6, 6.07) is 3.32. The van der Waals surface area contributed by atoms with E-state index in [9.17, 15) is 34.5 Å². The van der Waals surface area contributed by atoms with Gasteiger partial charge >= 0.3 is 11.8 Å². The Morgan fingerprint density at radius 2 is 1.72 bits per heavy atom. The topological polar surface area (TPSA) is 210 Å². The SMILES string of the molecule is CO[C@H]1/C=C/O[C@@]2(C)Oc3c(C)c(O)c4c(=O)c(c5oc6cc(N7CCN(CC(C)C)CC7)cc(O)c6nc-5c4c3C2=O)NC(=O)/C(C)=C\C=C\[C@H](C)C[C@@H](C)[C@@H](O)[C@@H](C)[C@H](OC(C)=O)C1C. The van der Waals surface area contributed by atoms with Crippen molar-refractivity contribution in [3.8, 4) is 28.7 Å². The lowest BCUT2D eigenvalue weighted by Crippen LogP contribution is -2.47. The zero-order valence-electron chi connectivity index (χ0n) is 40.3. The third kappa shape index (κ3) is 9.48. The smallest absolute Gasteiger partial charge is 0.312 e. The molecule has 0 spiro atoms. The Hall–Kier alpha value is -5.97. The molecule has 0 saturated carbocycles. The lowest BCUT2D eigenvalue weighted by molar-refractivity contribution is -0.159. The number of ether oxygens (including phenoxy) is 4. The summed E-state index contributed by atoms with van der Waals surface area (Å²) in [5.41, 5.74) is -0.349. The number of nitrogens with zero attached hydrogens (tertiary/aromatic N) is 3. The van der Waals surface area contributed by atoms with Crippen molar-refractivity contribution in [1.29, 1.82) is 0 Å². The van der Waals surface area contributed by atoms with E-state index in [2.05, 4.69) is 29.0 Å². The Morgan fingerprint density at radius 3 is 2.37 bits per heavy atom. The van der Waals surface area contributed by atoms with E-state index in [4.69, 9.17) is 28.3 Å². The van der Waals surface area contributed by atoms with Gasteiger partial charge in [-0.3, -0.25) is 24.1 Å². The number of hydrogen-bond donors (Lipinski definition) is 4. The number of phenols is 2. The summed E-state index contributed by atoms with van der Waals surface area (Å²) < 4.78 is 30.6. The van der Waals surface area contributed by atoms with Crippen LogP contribution < -0.4 is 20.4 Å². The van der Waals surface area contributed by atoms with E-state index in [0.717, 1.165) is 19.6 Å². The number of phenolic OH excluding ortho intramolecular Hbond substituents is 2. The minimum absolute atomic E-state index is 0.0143. The summed E-state index contributed by atoms with van der Waals surface area (Å²) in [7, 11) is 1.48. The number of aromatic hydroxyl groups is 2. The quantitative estimate of drug-likeness (QED) is 0.0870. The highest BCUT2D eigenvalue weighted by Gasteiger charge is 2.50. The summed E-state index contributed by atoms with van der Waals surface area (Å²) in [4.78, 5) is 65.5. The molecule has 67 heavy (non-hydrogen) atoms. The molecular formula is C51H64N4O12. The van der Waals surface area contributed by atoms with Crippen LogP contribution >= 0.6 is 0 Å². The van der Waals surface area contributed by atoms with Gasteiger partial charge in [0.2, 0.25) is 5.43 Å². The van der Waals surface area contributed by atoms with Crippen molar-refractivity contribution in [2.75, 3.05) is 50.1 Å². The molecule has 5 aliphatic rings. The molecule has 16 nitrogen and oxygen atoms in total. The number of anilines is 2. The fourth-order valence-corrected chi connectivity index (χ4v) is 9.83. The number of carbonyl (C=O) groups excluding carboxylic acids is 3. The lowest BCUT2D eigenvalue weighted by Gasteiger charge is -2.36. The second-order valence-electron chi connectivity index (χ2n) is 19.2. The molecule has 7 rings (SSSR count). The Balaban J connectivity index is 1.42. The molecule has 1 fully saturated rings. The first-order valence-electron chi connectivity index (χ1n) is 23.1. The number of ketones is 1. The second-order valence-corrected chi connectivity index (χ2v) is 19.2. The summed E-state index contributed by atoms with van der Waals surface area (Å²) in [6.07, 6.45) is 6.16. The largest absolute Gasteiger partial charge is 0.507 e. The summed E-state index contributed by atoms with van der Waals surface area (Å²) in [5, 5.41) is 37.4. The molecule has 1 amide bonds. The number of Topliss-reactive ketones (excluding diaryl/α,β-unsaturated/α-hetero) is 1. The van der Waals surface area contributed by atoms with Gasteiger partial charge in [-0.1, -0.05) is 59.8 Å². The minimum atomic E-state index is -2.05. The number of aliphatic hydroxyl groups excluding tert-OH is 1. The standard InChI is InChI=1S/C51H64N4O12/c1-25(2)24-54-16-18-55(19-17-54)33-22-34(57)40-36(23-33)66-48-41(52-40)37-38-44(59)31(8)47-39(37)49(61)51(10,67-47)64-20-15-35(63-11)29(6)46(65-32(9)56)30(7)43(58)28(5)21-26(3)13-12-14-27(4)50(62)53-42(48)45(38)60/h12-15,20,22-23,25-26,28-30,35,43,46,57-59H,16-19,21,24H2,1-11H3,(H,53,62)/b13-12+,20-15+,27-14-/t26-,28+,29?,30+,35-,43+,46+,51-/m0/s1. The molecule has 8 atom stereocenters. The lowest BCUT2D eigenvalue weighted by atomic mass is 9.79. The second kappa shape index (κ2) is 19.3. The Labute approximate surface area is 390 Å². The summed E-state index contributed by atoms with van der Waals surface area (Å²) in [6.45, 7) is 21.7. The van der Waals surface area contributed by atoms with Crippen LogP contribution in [0.4, 0.5) is 11.4 Å². The molecule has 360 valence electrons. The van der Waals surface area contributed by atoms with Crippen molar-refractivity contribution in [2.45, 2.75) is 99.8 Å². The van der Waals surface area contributed by atoms with Gasteiger partial charge in [0, 0.05) is 99.9 Å². The molecule has 0 aromatic heterocycles. The van der Waals surface area contributed by atoms with Crippen molar-refractivity contribution in [3.05, 3.63) is 69.6 Å². The highest BCUT2D eigenvalue weighted by Crippen LogP contribution is 2.51. The minimum Gasteiger partial charge on any atom is -0.507 e. The van der Waals surface area contributed by atoms with Gasteiger partial charge in [-0.25, -0.2) is 4.98 Å². The van der Waals surface area contributed by atoms with Crippen molar-refractivity contribution in [2.24, 2.45) is 29.6 Å². The molecule has 2 aromatic carbocycles. The molecule has 1 saturated heterocycles. The zero-order valence-corrected chi connectivity index (χ0v) is 40.3. The van der Waals surface area contributed by atoms with Gasteiger partial charge < -0.3 is 48.9 Å². The average molecular weight is 925 g/mol. The van der Waals surface area contributed by atoms with Crippen LogP contribution in [0.1, 0.15) is 84.7 Å². The van der Waals surface area contributed by atoms with Crippen molar-refractivity contribution >= 4 is 50.9 Å². The summed E-state index contributed by atoms with van der Waals surface area (Å²) >= 11 is 0. The van der Waals surface area contributed by atoms with Gasteiger partial charge in [0.1, 0.15) is 40.3 Å². The highest BCUT2D eigenvalue weighted by atomic mass is 16.7. The maximum Gasteiger partial charge on any atom is 0.312 e. The van der Waals surface area contributed by atoms with Crippen LogP contribution in [0.2, 0.25) is 0 Å². The monoisotopic (exact) mass is 924 g/mol. The molecule has 4 N–H and O–H groups in total. The van der Waals surface area contributed by atoms with Gasteiger partial charge in [-0.15, -0.1) is 0 Å². The fourth-order valence-electron chi connectivity index (χ4n) is 9.83. The molecule has 4 aliphatic heterocycles. The number of benzene rings is 3. The van der Waals surface area contributed by atoms with Crippen molar-refractivity contribution < 1.29 is 53.1 Å². The van der Waals surface area contributed by atoms with Crippen LogP contribution in [0.3, 0.4) is 0 Å². The third-order valence-corrected chi connectivity index (χ3v) is 13.5. The highest BCUT2D eigenvalue weighted by molar-refractivity contribution is 6.22. The number of aromatic nitrogens is 1. The van der Waals surface area contributed by atoms with E-state index in [0.29, 0.717) is 31.1 Å². The third-order valence-electron chi connectivity index (χ3n) is 13.5. The first-order chi connectivity index (χ1) is 31.6. The van der Waals surface area contributed by atoms with Crippen LogP contribution in [0.5, 0.6) is 17.2 Å². The molecule has 0 radical (unpaired) electrons. The predicted molar refractivity (Wildman–Crippen MR) is 255 cm³/mol. The van der Waals surface area contributed by atoms with E-state index in [1.807, 2.05) is 33.8 Å². The molecule has 4 bridgehead atoms. The van der Waals surface area contributed by atoms with Gasteiger partial charge in [-0.2, -0.15) is 0 Å². The van der Waals surface area contributed by atoms with Crippen LogP contribution in [0.25, 0.3) is 33.3 Å². The fraction of sp³-hybridized carbons (Fsp3) is 0.510. The molecule has 1 unspecified atom stereocenters. The van der Waals surface area contributed by atoms with Crippen LogP contribution in [0.15, 0.2) is 57.5 Å². The number of hydrogen-bond acceptors (Lipinski definition) is 15. The number of amides is 1. The van der Waals surface area contributed by atoms with E-state index in [1.54, 1.807) is 37.3 Å². The number of allylic oxidation sites excluding steroid dienone is 3. The number of piperazine rings is 1. The number of carbonyl (C=O) groups is 3. The molecule has 4 heterocycles. The number of rotatable bonds is 5. The Morgan fingerprint density at radius 1 is 1.01 bits per heavy atom. The maximum absolute atomic E-state index is 14.9. The van der Waals surface area contributed by atoms with Gasteiger partial charge in [0.05, 0.1) is 29.4 Å². The Kier molecular flexibility index (Phi) is 14.1. The van der Waals surface area contributed by atoms with Crippen LogP contribution in [0, 0.1) is 36.5 Å². The van der Waals surface area contributed by atoms with Gasteiger partial charge in [-0.05, 0) is 44.1 Å². The normalized spacial score (nSPS) is 28.6. The first-order valence-corrected chi connectivity index (χ1v) is 23.1. The number of nitrogens with one attached hydrogen (secondary N) is 1. The Bertz CT molecular complexity index is 2700.